The predicted octanol–water partition coefficient (Wildman–Crippen LogP) is 3.56. The van der Waals surface area contributed by atoms with Crippen molar-refractivity contribution in [3.8, 4) is 6.57 Å². The third-order valence-corrected chi connectivity index (χ3v) is 1.63. The Balaban J connectivity index is 0.000000671. The van der Waals surface area contributed by atoms with E-state index in [1.807, 2.05) is 0 Å². The van der Waals surface area contributed by atoms with E-state index in [0.717, 1.165) is 0 Å². The Morgan fingerprint density at radius 1 is 1.23 bits per heavy atom. The van der Waals surface area contributed by atoms with Crippen molar-refractivity contribution >= 4 is 6.08 Å². The summed E-state index contributed by atoms with van der Waals surface area (Å²) in [5.74, 6) is 0. The second-order valence-corrected chi connectivity index (χ2v) is 3.08. The summed E-state index contributed by atoms with van der Waals surface area (Å²) in [5, 5.41) is 6.50. The standard InChI is InChI=1S/C11H14.CHN/c1-9(2)8-11-7-5-4-6-10(11)3;1-2/h4-8H,1-3H3;1H. The van der Waals surface area contributed by atoms with Gasteiger partial charge in [0, 0.05) is 6.57 Å². The fourth-order valence-corrected chi connectivity index (χ4v) is 1.06. The summed E-state index contributed by atoms with van der Waals surface area (Å²) in [4.78, 5) is 0. The molecule has 0 aliphatic heterocycles. The molecule has 0 aliphatic carbocycles. The highest BCUT2D eigenvalue weighted by molar-refractivity contribution is 5.55. The maximum Gasteiger partial charge on any atom is 0.0462 e. The number of hydrogen-bond donors (Lipinski definition) is 0. The molecule has 68 valence electrons. The minimum Gasteiger partial charge on any atom is -0.202 e. The van der Waals surface area contributed by atoms with Gasteiger partial charge >= 0.3 is 0 Å². The van der Waals surface area contributed by atoms with E-state index in [9.17, 15) is 0 Å². The Morgan fingerprint density at radius 3 is 2.23 bits per heavy atom. The number of benzene rings is 1. The van der Waals surface area contributed by atoms with Crippen LogP contribution in [0.3, 0.4) is 0 Å². The van der Waals surface area contributed by atoms with Crippen molar-refractivity contribution in [2.75, 3.05) is 0 Å². The van der Waals surface area contributed by atoms with Gasteiger partial charge in [0.1, 0.15) is 0 Å². The molecule has 0 saturated carbocycles. The lowest BCUT2D eigenvalue weighted by molar-refractivity contribution is 1.39. The first kappa shape index (κ1) is 11.4. The summed E-state index contributed by atoms with van der Waals surface area (Å²) in [6.07, 6.45) is 2.20. The molecule has 1 rings (SSSR count). The van der Waals surface area contributed by atoms with Gasteiger partial charge in [0.05, 0.1) is 0 Å². The van der Waals surface area contributed by atoms with E-state index >= 15 is 0 Å². The van der Waals surface area contributed by atoms with E-state index in [1.54, 1.807) is 0 Å². The van der Waals surface area contributed by atoms with Crippen molar-refractivity contribution in [3.63, 3.8) is 0 Å². The van der Waals surface area contributed by atoms with Crippen LogP contribution in [0.2, 0.25) is 0 Å². The van der Waals surface area contributed by atoms with Crippen molar-refractivity contribution in [1.82, 2.24) is 0 Å². The summed E-state index contributed by atoms with van der Waals surface area (Å²) in [6.45, 7) is 9.87. The molecule has 1 aromatic carbocycles. The van der Waals surface area contributed by atoms with Crippen molar-refractivity contribution in [1.29, 1.82) is 5.26 Å². The average Bonchev–Trinajstić information content (AvgIpc) is 2.12. The maximum atomic E-state index is 6.50. The fourth-order valence-electron chi connectivity index (χ4n) is 1.06. The predicted molar refractivity (Wildman–Crippen MR) is 57.2 cm³/mol. The zero-order chi connectivity index (χ0) is 10.3. The van der Waals surface area contributed by atoms with Crippen molar-refractivity contribution in [2.24, 2.45) is 0 Å². The van der Waals surface area contributed by atoms with E-state index in [0.29, 0.717) is 0 Å². The lowest BCUT2D eigenvalue weighted by Gasteiger charge is -1.98. The summed E-state index contributed by atoms with van der Waals surface area (Å²) < 4.78 is 0. The lowest BCUT2D eigenvalue weighted by Crippen LogP contribution is -1.78. The van der Waals surface area contributed by atoms with Crippen LogP contribution in [-0.4, -0.2) is 0 Å². The van der Waals surface area contributed by atoms with Crippen LogP contribution in [0.15, 0.2) is 29.8 Å². The maximum absolute atomic E-state index is 6.50. The molecule has 0 amide bonds. The number of nitriles is 1. The first-order valence-electron chi connectivity index (χ1n) is 4.16. The minimum absolute atomic E-state index is 1.33. The van der Waals surface area contributed by atoms with Crippen molar-refractivity contribution in [3.05, 3.63) is 41.0 Å². The molecule has 1 aromatic rings. The SMILES string of the molecule is C#N.CC(C)=Cc1ccccc1C. The highest BCUT2D eigenvalue weighted by atomic mass is 14.2. The van der Waals surface area contributed by atoms with Crippen LogP contribution in [0.25, 0.3) is 6.08 Å². The quantitative estimate of drug-likeness (QED) is 0.637. The zero-order valence-electron chi connectivity index (χ0n) is 8.41. The van der Waals surface area contributed by atoms with E-state index in [1.165, 1.54) is 16.7 Å². The first-order chi connectivity index (χ1) is 6.20. The second kappa shape index (κ2) is 6.02. The number of rotatable bonds is 1. The molecule has 1 nitrogen and oxygen atoms in total. The van der Waals surface area contributed by atoms with Crippen LogP contribution in [0.4, 0.5) is 0 Å². The lowest BCUT2D eigenvalue weighted by atomic mass is 10.1. The Labute approximate surface area is 80.3 Å². The van der Waals surface area contributed by atoms with Gasteiger partial charge in [0.15, 0.2) is 0 Å². The minimum atomic E-state index is 1.33. The third-order valence-electron chi connectivity index (χ3n) is 1.63. The summed E-state index contributed by atoms with van der Waals surface area (Å²) in [6, 6.07) is 8.41. The van der Waals surface area contributed by atoms with Gasteiger partial charge in [0.25, 0.3) is 0 Å². The van der Waals surface area contributed by atoms with Crippen molar-refractivity contribution in [2.45, 2.75) is 20.8 Å². The van der Waals surface area contributed by atoms with Crippen LogP contribution >= 0.6 is 0 Å². The molecule has 0 spiro atoms. The van der Waals surface area contributed by atoms with Gasteiger partial charge in [-0.25, -0.2) is 5.26 Å². The molecule has 0 heterocycles. The summed E-state index contributed by atoms with van der Waals surface area (Å²) in [7, 11) is 0. The van der Waals surface area contributed by atoms with Gasteiger partial charge in [-0.2, -0.15) is 0 Å². The van der Waals surface area contributed by atoms with Gasteiger partial charge < -0.3 is 0 Å². The Kier molecular flexibility index (Phi) is 5.30. The second-order valence-electron chi connectivity index (χ2n) is 3.08. The third kappa shape index (κ3) is 4.12. The molecular weight excluding hydrogens is 158 g/mol. The number of hydrogen-bond acceptors (Lipinski definition) is 1. The smallest absolute Gasteiger partial charge is 0.0462 e. The molecule has 1 heteroatoms. The Morgan fingerprint density at radius 2 is 1.77 bits per heavy atom. The first-order valence-corrected chi connectivity index (χ1v) is 4.16. The molecule has 0 aliphatic rings. The van der Waals surface area contributed by atoms with Gasteiger partial charge in [-0.3, -0.25) is 0 Å². The molecule has 0 bridgehead atoms. The molecule has 0 fully saturated rings. The molecule has 0 aromatic heterocycles. The topological polar surface area (TPSA) is 23.8 Å². The Bertz CT molecular complexity index is 304. The zero-order valence-corrected chi connectivity index (χ0v) is 8.41. The van der Waals surface area contributed by atoms with Crippen LogP contribution in [0.5, 0.6) is 0 Å². The summed E-state index contributed by atoms with van der Waals surface area (Å²) >= 11 is 0. The monoisotopic (exact) mass is 173 g/mol. The van der Waals surface area contributed by atoms with E-state index in [4.69, 9.17) is 5.26 Å². The molecule has 13 heavy (non-hydrogen) atoms. The average molecular weight is 173 g/mol. The van der Waals surface area contributed by atoms with Gasteiger partial charge in [-0.05, 0) is 31.9 Å². The molecule has 0 atom stereocenters. The fraction of sp³-hybridized carbons (Fsp3) is 0.250. The summed E-state index contributed by atoms with van der Waals surface area (Å²) in [5.41, 5.74) is 4.01. The molecule has 0 unspecified atom stereocenters. The van der Waals surface area contributed by atoms with Crippen LogP contribution in [0, 0.1) is 18.8 Å². The largest absolute Gasteiger partial charge is 0.202 e. The van der Waals surface area contributed by atoms with Crippen molar-refractivity contribution < 1.29 is 0 Å². The van der Waals surface area contributed by atoms with E-state index in [2.05, 4.69) is 57.7 Å². The molecule has 0 radical (unpaired) electrons. The molecular formula is C12H15N. The normalized spacial score (nSPS) is 8.08. The van der Waals surface area contributed by atoms with Gasteiger partial charge in [-0.15, -0.1) is 0 Å². The highest BCUT2D eigenvalue weighted by Gasteiger charge is 1.90. The van der Waals surface area contributed by atoms with Crippen LogP contribution in [0.1, 0.15) is 25.0 Å². The van der Waals surface area contributed by atoms with Gasteiger partial charge in [0.2, 0.25) is 0 Å². The molecule has 0 saturated heterocycles. The van der Waals surface area contributed by atoms with Gasteiger partial charge in [-0.1, -0.05) is 35.9 Å². The van der Waals surface area contributed by atoms with Crippen LogP contribution in [-0.2, 0) is 0 Å². The number of aryl methyl sites for hydroxylation is 1. The number of nitrogens with zero attached hydrogens (tertiary/aromatic N) is 1. The van der Waals surface area contributed by atoms with E-state index in [-0.39, 0.29) is 0 Å². The van der Waals surface area contributed by atoms with E-state index < -0.39 is 0 Å². The molecule has 0 N–H and O–H groups in total. The Hall–Kier alpha value is -1.55. The van der Waals surface area contributed by atoms with Crippen LogP contribution < -0.4 is 0 Å². The number of allylic oxidation sites excluding steroid dienone is 1. The highest BCUT2D eigenvalue weighted by Crippen LogP contribution is 2.10.